The van der Waals surface area contributed by atoms with E-state index in [1.54, 1.807) is 0 Å². The topological polar surface area (TPSA) is 30.5 Å². The number of para-hydroxylation sites is 1. The van der Waals surface area contributed by atoms with Gasteiger partial charge in [0.05, 0.1) is 12.7 Å². The Morgan fingerprint density at radius 3 is 2.57 bits per heavy atom. The van der Waals surface area contributed by atoms with Crippen molar-refractivity contribution in [3.63, 3.8) is 0 Å². The normalized spacial score (nSPS) is 26.0. The fraction of sp³-hybridized carbons (Fsp3) is 0.667. The van der Waals surface area contributed by atoms with Gasteiger partial charge in [-0.15, -0.1) is 0 Å². The first-order chi connectivity index (χ1) is 10.2. The van der Waals surface area contributed by atoms with Crippen LogP contribution in [0.1, 0.15) is 33.1 Å². The quantitative estimate of drug-likeness (QED) is 0.780. The van der Waals surface area contributed by atoms with Crippen LogP contribution in [0.25, 0.3) is 0 Å². The lowest BCUT2D eigenvalue weighted by molar-refractivity contribution is -0.0248. The maximum Gasteiger partial charge on any atom is 0.119 e. The molecular formula is C18H29NO2. The second-order valence-corrected chi connectivity index (χ2v) is 6.28. The van der Waals surface area contributed by atoms with Gasteiger partial charge in [-0.1, -0.05) is 32.0 Å². The third kappa shape index (κ3) is 5.01. The summed E-state index contributed by atoms with van der Waals surface area (Å²) in [5.41, 5.74) is 0. The molecule has 2 rings (SSSR count). The Kier molecular flexibility index (Phi) is 6.52. The Morgan fingerprint density at radius 2 is 1.90 bits per heavy atom. The molecule has 1 saturated carbocycles. The Labute approximate surface area is 129 Å². The van der Waals surface area contributed by atoms with E-state index >= 15 is 0 Å². The minimum absolute atomic E-state index is 0.315. The summed E-state index contributed by atoms with van der Waals surface area (Å²) in [4.78, 5) is 0. The average molecular weight is 291 g/mol. The Hall–Kier alpha value is -1.06. The summed E-state index contributed by atoms with van der Waals surface area (Å²) < 4.78 is 11.8. The summed E-state index contributed by atoms with van der Waals surface area (Å²) >= 11 is 0. The van der Waals surface area contributed by atoms with Crippen LogP contribution in [0.4, 0.5) is 0 Å². The van der Waals surface area contributed by atoms with Crippen LogP contribution in [0.2, 0.25) is 0 Å². The van der Waals surface area contributed by atoms with Gasteiger partial charge in [0, 0.05) is 6.04 Å². The van der Waals surface area contributed by atoms with Gasteiger partial charge in [-0.05, 0) is 50.3 Å². The number of likely N-dealkylation sites (N-methyl/N-ethyl adjacent to an activating group) is 1. The van der Waals surface area contributed by atoms with Gasteiger partial charge in [-0.25, -0.2) is 0 Å². The SMILES string of the molecule is CNC1CCC(C(C)C)CC1OCCOc1ccccc1. The number of hydrogen-bond acceptors (Lipinski definition) is 3. The lowest BCUT2D eigenvalue weighted by Crippen LogP contribution is -2.45. The first-order valence-corrected chi connectivity index (χ1v) is 8.17. The highest BCUT2D eigenvalue weighted by molar-refractivity contribution is 5.20. The van der Waals surface area contributed by atoms with E-state index in [1.807, 2.05) is 37.4 Å². The summed E-state index contributed by atoms with van der Waals surface area (Å²) in [5.74, 6) is 2.44. The number of rotatable bonds is 7. The molecule has 0 spiro atoms. The van der Waals surface area contributed by atoms with Crippen molar-refractivity contribution < 1.29 is 9.47 Å². The van der Waals surface area contributed by atoms with Gasteiger partial charge >= 0.3 is 0 Å². The summed E-state index contributed by atoms with van der Waals surface area (Å²) in [6.45, 7) is 5.91. The highest BCUT2D eigenvalue weighted by atomic mass is 16.5. The molecule has 1 aliphatic rings. The molecule has 1 aliphatic carbocycles. The molecule has 3 nitrogen and oxygen atoms in total. The van der Waals surface area contributed by atoms with Crippen LogP contribution in [0, 0.1) is 11.8 Å². The predicted molar refractivity (Wildman–Crippen MR) is 86.7 cm³/mol. The molecule has 118 valence electrons. The zero-order chi connectivity index (χ0) is 15.1. The van der Waals surface area contributed by atoms with Crippen LogP contribution in [0.15, 0.2) is 30.3 Å². The van der Waals surface area contributed by atoms with Crippen LogP contribution in [-0.2, 0) is 4.74 Å². The minimum Gasteiger partial charge on any atom is -0.491 e. The van der Waals surface area contributed by atoms with Gasteiger partial charge in [0.15, 0.2) is 0 Å². The second-order valence-electron chi connectivity index (χ2n) is 6.28. The Bertz CT molecular complexity index is 393. The fourth-order valence-electron chi connectivity index (χ4n) is 3.16. The van der Waals surface area contributed by atoms with E-state index in [0.29, 0.717) is 25.4 Å². The molecular weight excluding hydrogens is 262 g/mol. The van der Waals surface area contributed by atoms with E-state index in [1.165, 1.54) is 12.8 Å². The summed E-state index contributed by atoms with van der Waals surface area (Å²) in [6, 6.07) is 10.4. The van der Waals surface area contributed by atoms with Crippen molar-refractivity contribution in [2.24, 2.45) is 11.8 Å². The van der Waals surface area contributed by atoms with E-state index in [2.05, 4.69) is 19.2 Å². The molecule has 3 heteroatoms. The molecule has 0 bridgehead atoms. The van der Waals surface area contributed by atoms with Crippen molar-refractivity contribution in [3.05, 3.63) is 30.3 Å². The molecule has 3 atom stereocenters. The summed E-state index contributed by atoms with van der Waals surface area (Å²) in [6.07, 6.45) is 4.00. The van der Waals surface area contributed by atoms with Crippen LogP contribution >= 0.6 is 0 Å². The molecule has 1 fully saturated rings. The van der Waals surface area contributed by atoms with Gasteiger partial charge in [-0.2, -0.15) is 0 Å². The largest absolute Gasteiger partial charge is 0.491 e. The van der Waals surface area contributed by atoms with Crippen molar-refractivity contribution in [2.45, 2.75) is 45.3 Å². The number of hydrogen-bond donors (Lipinski definition) is 1. The highest BCUT2D eigenvalue weighted by Gasteiger charge is 2.31. The molecule has 3 unspecified atom stereocenters. The smallest absolute Gasteiger partial charge is 0.119 e. The van der Waals surface area contributed by atoms with Crippen LogP contribution in [0.5, 0.6) is 5.75 Å². The Balaban J connectivity index is 1.74. The van der Waals surface area contributed by atoms with Crippen molar-refractivity contribution in [1.82, 2.24) is 5.32 Å². The van der Waals surface area contributed by atoms with E-state index in [9.17, 15) is 0 Å². The van der Waals surface area contributed by atoms with E-state index < -0.39 is 0 Å². The fourth-order valence-corrected chi connectivity index (χ4v) is 3.16. The molecule has 21 heavy (non-hydrogen) atoms. The lowest BCUT2D eigenvalue weighted by Gasteiger charge is -2.37. The molecule has 0 radical (unpaired) electrons. The minimum atomic E-state index is 0.315. The van der Waals surface area contributed by atoms with Gasteiger partial charge in [0.1, 0.15) is 12.4 Å². The molecule has 0 amide bonds. The maximum atomic E-state index is 6.10. The third-order valence-corrected chi connectivity index (χ3v) is 4.57. The number of benzene rings is 1. The predicted octanol–water partition coefficient (Wildman–Crippen LogP) is 3.49. The lowest BCUT2D eigenvalue weighted by atomic mass is 9.78. The zero-order valence-corrected chi connectivity index (χ0v) is 13.5. The van der Waals surface area contributed by atoms with Crippen molar-refractivity contribution >= 4 is 0 Å². The summed E-state index contributed by atoms with van der Waals surface area (Å²) in [7, 11) is 2.04. The molecule has 1 aromatic rings. The standard InChI is InChI=1S/C18H29NO2/c1-14(2)15-9-10-17(19-3)18(13-15)21-12-11-20-16-7-5-4-6-8-16/h4-8,14-15,17-19H,9-13H2,1-3H3. The molecule has 1 N–H and O–H groups in total. The van der Waals surface area contributed by atoms with E-state index in [0.717, 1.165) is 24.0 Å². The van der Waals surface area contributed by atoms with E-state index in [-0.39, 0.29) is 0 Å². The van der Waals surface area contributed by atoms with Crippen LogP contribution < -0.4 is 10.1 Å². The van der Waals surface area contributed by atoms with Crippen molar-refractivity contribution in [2.75, 3.05) is 20.3 Å². The third-order valence-electron chi connectivity index (χ3n) is 4.57. The number of nitrogens with one attached hydrogen (secondary N) is 1. The van der Waals surface area contributed by atoms with E-state index in [4.69, 9.17) is 9.47 Å². The molecule has 0 heterocycles. The first-order valence-electron chi connectivity index (χ1n) is 8.17. The second kappa shape index (κ2) is 8.40. The van der Waals surface area contributed by atoms with Gasteiger partial charge < -0.3 is 14.8 Å². The number of ether oxygens (including phenoxy) is 2. The highest BCUT2D eigenvalue weighted by Crippen LogP contribution is 2.31. The first kappa shape index (κ1) is 16.3. The Morgan fingerprint density at radius 1 is 1.14 bits per heavy atom. The molecule has 1 aromatic carbocycles. The van der Waals surface area contributed by atoms with Crippen LogP contribution in [-0.4, -0.2) is 32.4 Å². The van der Waals surface area contributed by atoms with Gasteiger partial charge in [0.2, 0.25) is 0 Å². The van der Waals surface area contributed by atoms with Crippen molar-refractivity contribution in [3.8, 4) is 5.75 Å². The molecule has 0 saturated heterocycles. The van der Waals surface area contributed by atoms with Gasteiger partial charge in [-0.3, -0.25) is 0 Å². The molecule has 0 aliphatic heterocycles. The monoisotopic (exact) mass is 291 g/mol. The average Bonchev–Trinajstić information content (AvgIpc) is 2.52. The zero-order valence-electron chi connectivity index (χ0n) is 13.5. The van der Waals surface area contributed by atoms with Crippen molar-refractivity contribution in [1.29, 1.82) is 0 Å². The van der Waals surface area contributed by atoms with Gasteiger partial charge in [0.25, 0.3) is 0 Å². The maximum absolute atomic E-state index is 6.10. The van der Waals surface area contributed by atoms with Crippen LogP contribution in [0.3, 0.4) is 0 Å². The summed E-state index contributed by atoms with van der Waals surface area (Å²) in [5, 5.41) is 3.41. The molecule has 0 aromatic heterocycles.